The second-order valence-corrected chi connectivity index (χ2v) is 8.42. The zero-order chi connectivity index (χ0) is 15.0. The lowest BCUT2D eigenvalue weighted by Gasteiger charge is -2.23. The summed E-state index contributed by atoms with van der Waals surface area (Å²) in [5.74, 6) is -0.402. The highest BCUT2D eigenvalue weighted by Crippen LogP contribution is 2.31. The number of para-hydroxylation sites is 1. The molecule has 0 fully saturated rings. The molecule has 1 unspecified atom stereocenters. The van der Waals surface area contributed by atoms with Crippen LogP contribution in [-0.2, 0) is 14.6 Å². The van der Waals surface area contributed by atoms with Crippen molar-refractivity contribution in [3.05, 3.63) is 29.8 Å². The van der Waals surface area contributed by atoms with Crippen LogP contribution in [0.25, 0.3) is 0 Å². The van der Waals surface area contributed by atoms with Gasteiger partial charge in [0.25, 0.3) is 0 Å². The number of rotatable bonds is 4. The van der Waals surface area contributed by atoms with Crippen molar-refractivity contribution in [1.82, 2.24) is 5.32 Å². The Morgan fingerprint density at radius 2 is 2.05 bits per heavy atom. The first kappa shape index (κ1) is 14.8. The fourth-order valence-electron chi connectivity index (χ4n) is 2.07. The number of carbonyl (C=O) groups is 1. The van der Waals surface area contributed by atoms with Gasteiger partial charge in [-0.3, -0.25) is 4.79 Å². The van der Waals surface area contributed by atoms with Gasteiger partial charge in [0, 0.05) is 25.0 Å². The van der Waals surface area contributed by atoms with Crippen molar-refractivity contribution < 1.29 is 13.2 Å². The van der Waals surface area contributed by atoms with E-state index < -0.39 is 14.6 Å². The molecule has 1 aromatic rings. The lowest BCUT2D eigenvalue weighted by atomic mass is 10.0. The topological polar surface area (TPSA) is 75.3 Å². The molecule has 1 heterocycles. The monoisotopic (exact) mass is 296 g/mol. The van der Waals surface area contributed by atoms with E-state index in [1.165, 1.54) is 6.26 Å². The van der Waals surface area contributed by atoms with Crippen LogP contribution >= 0.6 is 0 Å². The fourth-order valence-corrected chi connectivity index (χ4v) is 2.41. The first-order valence-corrected chi connectivity index (χ1v) is 8.41. The van der Waals surface area contributed by atoms with Crippen LogP contribution in [0.1, 0.15) is 25.3 Å². The Kier molecular flexibility index (Phi) is 3.77. The number of amides is 1. The average Bonchev–Trinajstić information content (AvgIpc) is 2.78. The lowest BCUT2D eigenvalue weighted by molar-refractivity contribution is -0.122. The van der Waals surface area contributed by atoms with Gasteiger partial charge in [0.15, 0.2) is 9.84 Å². The van der Waals surface area contributed by atoms with E-state index in [2.05, 4.69) is 10.6 Å². The summed E-state index contributed by atoms with van der Waals surface area (Å²) in [6, 6.07) is 7.66. The molecule has 0 radical (unpaired) electrons. The van der Waals surface area contributed by atoms with Gasteiger partial charge in [0.05, 0.1) is 10.7 Å². The Morgan fingerprint density at radius 3 is 2.70 bits per heavy atom. The first-order valence-electron chi connectivity index (χ1n) is 6.52. The van der Waals surface area contributed by atoms with Crippen molar-refractivity contribution in [3.8, 4) is 0 Å². The number of hydrogen-bond donors (Lipinski definition) is 2. The van der Waals surface area contributed by atoms with Gasteiger partial charge in [-0.1, -0.05) is 18.2 Å². The van der Waals surface area contributed by atoms with Crippen LogP contribution in [0.3, 0.4) is 0 Å². The predicted octanol–water partition coefficient (Wildman–Crippen LogP) is 1.14. The maximum Gasteiger partial charge on any atom is 0.229 e. The molecule has 1 atom stereocenters. The van der Waals surface area contributed by atoms with Crippen LogP contribution in [-0.4, -0.2) is 38.4 Å². The summed E-state index contributed by atoms with van der Waals surface area (Å²) in [5, 5.41) is 5.93. The Labute approximate surface area is 119 Å². The minimum atomic E-state index is -3.21. The largest absolute Gasteiger partial charge is 0.384 e. The smallest absolute Gasteiger partial charge is 0.229 e. The summed E-state index contributed by atoms with van der Waals surface area (Å²) in [6.45, 7) is 3.89. The first-order chi connectivity index (χ1) is 9.22. The molecule has 0 saturated heterocycles. The second kappa shape index (κ2) is 5.09. The zero-order valence-electron chi connectivity index (χ0n) is 11.9. The summed E-state index contributed by atoms with van der Waals surface area (Å²) in [6.07, 6.45) is 1.19. The molecule has 0 aliphatic carbocycles. The fraction of sp³-hybridized carbons (Fsp3) is 0.500. The van der Waals surface area contributed by atoms with Crippen LogP contribution in [0.5, 0.6) is 0 Å². The Balaban J connectivity index is 2.05. The summed E-state index contributed by atoms with van der Waals surface area (Å²) >= 11 is 0. The van der Waals surface area contributed by atoms with E-state index in [0.29, 0.717) is 6.54 Å². The summed E-state index contributed by atoms with van der Waals surface area (Å²) in [7, 11) is -3.21. The average molecular weight is 296 g/mol. The van der Waals surface area contributed by atoms with Gasteiger partial charge in [0.1, 0.15) is 0 Å². The summed E-state index contributed by atoms with van der Waals surface area (Å²) < 4.78 is 22.3. The number of benzene rings is 1. The van der Waals surface area contributed by atoms with Gasteiger partial charge in [0.2, 0.25) is 5.91 Å². The number of hydrogen-bond acceptors (Lipinski definition) is 4. The molecule has 0 bridgehead atoms. The molecule has 2 rings (SSSR count). The van der Waals surface area contributed by atoms with Gasteiger partial charge in [-0.15, -0.1) is 0 Å². The third-order valence-electron chi connectivity index (χ3n) is 3.84. The SMILES string of the molecule is CC(C)(CNC(=O)C1CNc2ccccc21)S(C)(=O)=O. The van der Waals surface area contributed by atoms with Gasteiger partial charge in [-0.05, 0) is 25.5 Å². The molecule has 1 amide bonds. The second-order valence-electron chi connectivity index (χ2n) is 5.77. The van der Waals surface area contributed by atoms with E-state index in [0.717, 1.165) is 11.3 Å². The van der Waals surface area contributed by atoms with Crippen molar-refractivity contribution in [2.45, 2.75) is 24.5 Å². The van der Waals surface area contributed by atoms with Crippen LogP contribution < -0.4 is 10.6 Å². The minimum absolute atomic E-state index is 0.114. The normalized spacial score (nSPS) is 18.2. The van der Waals surface area contributed by atoms with E-state index in [9.17, 15) is 13.2 Å². The van der Waals surface area contributed by atoms with Crippen molar-refractivity contribution in [2.75, 3.05) is 24.7 Å². The Bertz CT molecular complexity index is 623. The lowest BCUT2D eigenvalue weighted by Crippen LogP contribution is -2.45. The molecule has 1 aromatic carbocycles. The quantitative estimate of drug-likeness (QED) is 0.873. The van der Waals surface area contributed by atoms with E-state index in [-0.39, 0.29) is 18.4 Å². The number of fused-ring (bicyclic) bond motifs is 1. The maximum absolute atomic E-state index is 12.2. The third-order valence-corrected chi connectivity index (χ3v) is 5.99. The minimum Gasteiger partial charge on any atom is -0.384 e. The van der Waals surface area contributed by atoms with Crippen LogP contribution in [0.4, 0.5) is 5.69 Å². The number of carbonyl (C=O) groups excluding carboxylic acids is 1. The molecular weight excluding hydrogens is 276 g/mol. The predicted molar refractivity (Wildman–Crippen MR) is 79.6 cm³/mol. The van der Waals surface area contributed by atoms with Gasteiger partial charge >= 0.3 is 0 Å². The molecule has 5 nitrogen and oxygen atoms in total. The molecule has 20 heavy (non-hydrogen) atoms. The van der Waals surface area contributed by atoms with E-state index in [1.54, 1.807) is 13.8 Å². The van der Waals surface area contributed by atoms with Gasteiger partial charge < -0.3 is 10.6 Å². The zero-order valence-corrected chi connectivity index (χ0v) is 12.8. The third kappa shape index (κ3) is 2.80. The number of anilines is 1. The van der Waals surface area contributed by atoms with E-state index in [1.807, 2.05) is 24.3 Å². The van der Waals surface area contributed by atoms with E-state index >= 15 is 0 Å². The van der Waals surface area contributed by atoms with Gasteiger partial charge in [-0.25, -0.2) is 8.42 Å². The van der Waals surface area contributed by atoms with Crippen LogP contribution in [0.2, 0.25) is 0 Å². The highest BCUT2D eigenvalue weighted by atomic mass is 32.2. The van der Waals surface area contributed by atoms with Crippen molar-refractivity contribution in [2.24, 2.45) is 0 Å². The summed E-state index contributed by atoms with van der Waals surface area (Å²) in [5.41, 5.74) is 1.93. The van der Waals surface area contributed by atoms with Crippen LogP contribution in [0, 0.1) is 0 Å². The molecule has 1 aliphatic heterocycles. The highest BCUT2D eigenvalue weighted by molar-refractivity contribution is 7.92. The molecular formula is C14H20N2O3S. The molecule has 0 aromatic heterocycles. The van der Waals surface area contributed by atoms with Crippen molar-refractivity contribution in [3.63, 3.8) is 0 Å². The Morgan fingerprint density at radius 1 is 1.40 bits per heavy atom. The summed E-state index contributed by atoms with van der Waals surface area (Å²) in [4.78, 5) is 12.2. The molecule has 6 heteroatoms. The van der Waals surface area contributed by atoms with E-state index in [4.69, 9.17) is 0 Å². The molecule has 0 saturated carbocycles. The van der Waals surface area contributed by atoms with Gasteiger partial charge in [-0.2, -0.15) is 0 Å². The molecule has 1 aliphatic rings. The Hall–Kier alpha value is -1.56. The standard InChI is InChI=1S/C14H20N2O3S/c1-14(2,20(3,18)19)9-16-13(17)11-8-15-12-7-5-4-6-10(11)12/h4-7,11,15H,8-9H2,1-3H3,(H,16,17). The van der Waals surface area contributed by atoms with Crippen LogP contribution in [0.15, 0.2) is 24.3 Å². The molecule has 2 N–H and O–H groups in total. The van der Waals surface area contributed by atoms with Crippen molar-refractivity contribution >= 4 is 21.4 Å². The molecule has 110 valence electrons. The number of sulfone groups is 1. The van der Waals surface area contributed by atoms with Crippen molar-refractivity contribution in [1.29, 1.82) is 0 Å². The number of nitrogens with one attached hydrogen (secondary N) is 2. The maximum atomic E-state index is 12.2. The molecule has 0 spiro atoms. The highest BCUT2D eigenvalue weighted by Gasteiger charge is 2.33.